The number of phenolic OH excluding ortho intramolecular Hbond substituents is 1. The van der Waals surface area contributed by atoms with Crippen molar-refractivity contribution in [3.05, 3.63) is 35.4 Å². The number of carbonyl (C=O) groups excluding carboxylic acids is 2. The van der Waals surface area contributed by atoms with Crippen molar-refractivity contribution >= 4 is 17.9 Å². The Balaban J connectivity index is 1.93. The molecule has 0 aromatic heterocycles. The lowest BCUT2D eigenvalue weighted by atomic mass is 10.1. The van der Waals surface area contributed by atoms with E-state index in [-0.39, 0.29) is 23.8 Å². The second kappa shape index (κ2) is 7.99. The fraction of sp³-hybridized carbons (Fsp3) is 0.353. The molecule has 0 bridgehead atoms. The Hall–Kier alpha value is -2.81. The fourth-order valence-corrected chi connectivity index (χ4v) is 2.39. The van der Waals surface area contributed by atoms with Crippen LogP contribution in [0.25, 0.3) is 6.08 Å². The van der Waals surface area contributed by atoms with Crippen LogP contribution in [0.4, 0.5) is 0 Å². The molecule has 0 unspecified atom stereocenters. The lowest BCUT2D eigenvalue weighted by Gasteiger charge is -2.26. The smallest absolute Gasteiger partial charge is 0.262 e. The molecule has 1 saturated heterocycles. The number of benzene rings is 1. The van der Waals surface area contributed by atoms with Gasteiger partial charge in [-0.05, 0) is 43.0 Å². The number of likely N-dealkylation sites (tertiary alicyclic amines) is 1. The minimum atomic E-state index is -0.578. The van der Waals surface area contributed by atoms with Gasteiger partial charge in [0.25, 0.3) is 5.91 Å². The zero-order valence-corrected chi connectivity index (χ0v) is 12.8. The molecule has 1 fully saturated rings. The molecule has 0 atom stereocenters. The first-order chi connectivity index (χ1) is 11.1. The van der Waals surface area contributed by atoms with Crippen molar-refractivity contribution in [2.45, 2.75) is 19.3 Å². The number of rotatable bonds is 4. The van der Waals surface area contributed by atoms with E-state index in [1.54, 1.807) is 17.0 Å². The maximum atomic E-state index is 12.0. The summed E-state index contributed by atoms with van der Waals surface area (Å²) < 4.78 is 0. The van der Waals surface area contributed by atoms with E-state index in [9.17, 15) is 14.7 Å². The monoisotopic (exact) mass is 313 g/mol. The van der Waals surface area contributed by atoms with Crippen LogP contribution in [-0.4, -0.2) is 41.5 Å². The van der Waals surface area contributed by atoms with Gasteiger partial charge in [-0.3, -0.25) is 9.59 Å². The van der Waals surface area contributed by atoms with Crippen LogP contribution >= 0.6 is 0 Å². The molecule has 0 spiro atoms. The zero-order valence-electron chi connectivity index (χ0n) is 12.8. The highest BCUT2D eigenvalue weighted by Crippen LogP contribution is 2.13. The molecule has 0 radical (unpaired) electrons. The van der Waals surface area contributed by atoms with Gasteiger partial charge in [-0.1, -0.05) is 12.1 Å². The molecule has 2 amide bonds. The predicted octanol–water partition coefficient (Wildman–Crippen LogP) is 1.43. The van der Waals surface area contributed by atoms with E-state index in [0.717, 1.165) is 32.4 Å². The maximum Gasteiger partial charge on any atom is 0.262 e. The lowest BCUT2D eigenvalue weighted by molar-refractivity contribution is -0.132. The van der Waals surface area contributed by atoms with Gasteiger partial charge in [-0.15, -0.1) is 0 Å². The van der Waals surface area contributed by atoms with Crippen molar-refractivity contribution < 1.29 is 14.7 Å². The normalized spacial score (nSPS) is 14.9. The van der Waals surface area contributed by atoms with E-state index >= 15 is 0 Å². The highest BCUT2D eigenvalue weighted by atomic mass is 16.3. The van der Waals surface area contributed by atoms with Crippen molar-refractivity contribution in [1.82, 2.24) is 10.2 Å². The van der Waals surface area contributed by atoms with Crippen molar-refractivity contribution in [2.75, 3.05) is 19.6 Å². The molecule has 2 rings (SSSR count). The average molecular weight is 313 g/mol. The van der Waals surface area contributed by atoms with Gasteiger partial charge in [-0.2, -0.15) is 5.26 Å². The van der Waals surface area contributed by atoms with E-state index < -0.39 is 5.91 Å². The summed E-state index contributed by atoms with van der Waals surface area (Å²) >= 11 is 0. The molecule has 6 nitrogen and oxygen atoms in total. The number of nitrogens with one attached hydrogen (secondary N) is 1. The van der Waals surface area contributed by atoms with Gasteiger partial charge in [0, 0.05) is 13.1 Å². The number of amides is 2. The van der Waals surface area contributed by atoms with Crippen LogP contribution in [-0.2, 0) is 9.59 Å². The van der Waals surface area contributed by atoms with Crippen LogP contribution in [0.1, 0.15) is 24.8 Å². The Morgan fingerprint density at radius 3 is 2.48 bits per heavy atom. The molecule has 23 heavy (non-hydrogen) atoms. The number of carbonyl (C=O) groups is 2. The van der Waals surface area contributed by atoms with E-state index in [4.69, 9.17) is 5.26 Å². The average Bonchev–Trinajstić information content (AvgIpc) is 2.59. The van der Waals surface area contributed by atoms with Crippen LogP contribution in [0.5, 0.6) is 5.75 Å². The first-order valence-corrected chi connectivity index (χ1v) is 7.57. The minimum Gasteiger partial charge on any atom is -0.508 e. The summed E-state index contributed by atoms with van der Waals surface area (Å²) in [7, 11) is 0. The summed E-state index contributed by atoms with van der Waals surface area (Å²) in [5.74, 6) is -0.594. The topological polar surface area (TPSA) is 93.4 Å². The Kier molecular flexibility index (Phi) is 5.75. The lowest BCUT2D eigenvalue weighted by Crippen LogP contribution is -2.42. The fourth-order valence-electron chi connectivity index (χ4n) is 2.39. The van der Waals surface area contributed by atoms with E-state index in [1.807, 2.05) is 6.07 Å². The molecule has 120 valence electrons. The molecule has 1 aromatic carbocycles. The molecule has 1 heterocycles. The molecule has 6 heteroatoms. The first kappa shape index (κ1) is 16.6. The largest absolute Gasteiger partial charge is 0.508 e. The number of nitrogens with zero attached hydrogens (tertiary/aromatic N) is 2. The quantitative estimate of drug-likeness (QED) is 0.649. The highest BCUT2D eigenvalue weighted by molar-refractivity contribution is 6.03. The summed E-state index contributed by atoms with van der Waals surface area (Å²) in [5.41, 5.74) is 0.541. The van der Waals surface area contributed by atoms with Gasteiger partial charge in [-0.25, -0.2) is 0 Å². The van der Waals surface area contributed by atoms with Crippen LogP contribution in [0, 0.1) is 11.3 Å². The van der Waals surface area contributed by atoms with E-state index in [2.05, 4.69) is 5.32 Å². The second-order valence-corrected chi connectivity index (χ2v) is 5.39. The van der Waals surface area contributed by atoms with Crippen molar-refractivity contribution in [3.8, 4) is 11.8 Å². The summed E-state index contributed by atoms with van der Waals surface area (Å²) in [5, 5.41) is 20.8. The number of hydrogen-bond acceptors (Lipinski definition) is 4. The Labute approximate surface area is 135 Å². The second-order valence-electron chi connectivity index (χ2n) is 5.39. The zero-order chi connectivity index (χ0) is 16.7. The van der Waals surface area contributed by atoms with Gasteiger partial charge in [0.15, 0.2) is 0 Å². The third-order valence-corrected chi connectivity index (χ3v) is 3.68. The molecule has 1 aromatic rings. The Morgan fingerprint density at radius 1 is 1.22 bits per heavy atom. The van der Waals surface area contributed by atoms with Gasteiger partial charge in [0.05, 0.1) is 6.54 Å². The third-order valence-electron chi connectivity index (χ3n) is 3.68. The van der Waals surface area contributed by atoms with Gasteiger partial charge < -0.3 is 15.3 Å². The standard InChI is InChI=1S/C17H19N3O3/c18-11-14(10-13-4-6-15(21)7-5-13)17(23)19-12-16(22)20-8-2-1-3-9-20/h4-7,10,21H,1-3,8-9,12H2,(H,19,23)/b14-10+. The Bertz CT molecular complexity index is 638. The van der Waals surface area contributed by atoms with Crippen molar-refractivity contribution in [1.29, 1.82) is 5.26 Å². The summed E-state index contributed by atoms with van der Waals surface area (Å²) in [4.78, 5) is 25.7. The SMILES string of the molecule is N#C/C(=C\c1ccc(O)cc1)C(=O)NCC(=O)N1CCCCC1. The van der Waals surface area contributed by atoms with Crippen LogP contribution in [0.2, 0.25) is 0 Å². The number of piperidine rings is 1. The van der Waals surface area contributed by atoms with Gasteiger partial charge in [0.2, 0.25) is 5.91 Å². The summed E-state index contributed by atoms with van der Waals surface area (Å²) in [6, 6.07) is 7.96. The third kappa shape index (κ3) is 4.85. The molecule has 0 saturated carbocycles. The molecule has 0 aliphatic carbocycles. The maximum absolute atomic E-state index is 12.0. The molecular weight excluding hydrogens is 294 g/mol. The number of nitriles is 1. The first-order valence-electron chi connectivity index (χ1n) is 7.57. The molecule has 1 aliphatic heterocycles. The van der Waals surface area contributed by atoms with Gasteiger partial charge >= 0.3 is 0 Å². The summed E-state index contributed by atoms with van der Waals surface area (Å²) in [6.07, 6.45) is 4.53. The van der Waals surface area contributed by atoms with E-state index in [1.165, 1.54) is 18.2 Å². The number of aromatic hydroxyl groups is 1. The van der Waals surface area contributed by atoms with Crippen LogP contribution in [0.15, 0.2) is 29.8 Å². The van der Waals surface area contributed by atoms with Crippen molar-refractivity contribution in [2.24, 2.45) is 0 Å². The molecule has 2 N–H and O–H groups in total. The Morgan fingerprint density at radius 2 is 1.87 bits per heavy atom. The molecule has 1 aliphatic rings. The summed E-state index contributed by atoms with van der Waals surface area (Å²) in [6.45, 7) is 1.35. The highest BCUT2D eigenvalue weighted by Gasteiger charge is 2.17. The van der Waals surface area contributed by atoms with Crippen LogP contribution < -0.4 is 5.32 Å². The number of hydrogen-bond donors (Lipinski definition) is 2. The molecular formula is C17H19N3O3. The number of phenols is 1. The van der Waals surface area contributed by atoms with Crippen molar-refractivity contribution in [3.63, 3.8) is 0 Å². The van der Waals surface area contributed by atoms with Gasteiger partial charge in [0.1, 0.15) is 17.4 Å². The van der Waals surface area contributed by atoms with Crippen LogP contribution in [0.3, 0.4) is 0 Å². The van der Waals surface area contributed by atoms with E-state index in [0.29, 0.717) is 5.56 Å². The predicted molar refractivity (Wildman–Crippen MR) is 85.1 cm³/mol. The minimum absolute atomic E-state index is 0.0814.